The molecule has 3 nitrogen and oxygen atoms in total. The van der Waals surface area contributed by atoms with E-state index in [2.05, 4.69) is 123 Å². The van der Waals surface area contributed by atoms with Crippen LogP contribution < -0.4 is 10.4 Å². The fraction of sp³-hybridized carbons (Fsp3) is 0.611. The third-order valence-electron chi connectivity index (χ3n) is 10.4. The molecule has 0 amide bonds. The lowest BCUT2D eigenvalue weighted by Gasteiger charge is -2.49. The van der Waals surface area contributed by atoms with Gasteiger partial charge in [-0.1, -0.05) is 122 Å². The van der Waals surface area contributed by atoms with Gasteiger partial charge in [0.2, 0.25) is 0 Å². The molecule has 2 fully saturated rings. The zero-order valence-electron chi connectivity index (χ0n) is 27.1. The lowest BCUT2D eigenvalue weighted by molar-refractivity contribution is -0.117. The molecule has 41 heavy (non-hydrogen) atoms. The number of benzene rings is 2. The van der Waals surface area contributed by atoms with Gasteiger partial charge in [-0.2, -0.15) is 0 Å². The number of rotatable bonds is 13. The van der Waals surface area contributed by atoms with Gasteiger partial charge in [-0.25, -0.2) is 0 Å². The Morgan fingerprint density at radius 3 is 1.83 bits per heavy atom. The van der Waals surface area contributed by atoms with Crippen molar-refractivity contribution in [3.05, 3.63) is 73.3 Å². The van der Waals surface area contributed by atoms with E-state index in [4.69, 9.17) is 13.6 Å². The minimum atomic E-state index is -2.68. The Kier molecular flexibility index (Phi) is 10.6. The summed E-state index contributed by atoms with van der Waals surface area (Å²) in [6.45, 7) is 23.0. The Morgan fingerprint density at radius 2 is 1.41 bits per heavy atom. The van der Waals surface area contributed by atoms with Crippen molar-refractivity contribution in [2.45, 2.75) is 122 Å². The molecule has 226 valence electrons. The highest BCUT2D eigenvalue weighted by Crippen LogP contribution is 2.47. The van der Waals surface area contributed by atoms with Crippen molar-refractivity contribution < 1.29 is 13.6 Å². The third-order valence-corrected chi connectivity index (χ3v) is 20.1. The Labute approximate surface area is 253 Å². The van der Waals surface area contributed by atoms with Crippen LogP contribution in [0.1, 0.15) is 74.7 Å². The van der Waals surface area contributed by atoms with Gasteiger partial charge in [0, 0.05) is 5.92 Å². The van der Waals surface area contributed by atoms with Crippen LogP contribution in [-0.2, 0) is 13.6 Å². The molecule has 0 bridgehead atoms. The summed E-state index contributed by atoms with van der Waals surface area (Å²) >= 11 is 0. The first-order valence-corrected chi connectivity index (χ1v) is 20.7. The largest absolute Gasteiger partial charge is 0.414 e. The topological polar surface area (TPSA) is 27.7 Å². The quantitative estimate of drug-likeness (QED) is 0.173. The molecule has 1 aliphatic carbocycles. The predicted octanol–water partition coefficient (Wildman–Crippen LogP) is 8.35. The molecular formula is C36H56O3Si2. The average molecular weight is 593 g/mol. The SMILES string of the molecule is C=C[C@@H]1O[C@H](C[C@H](O[Si](CC)(CC)CC)[C@@H]2C[C@H]2C)C[C@H](O[Si](c2ccccc2)(c2ccccc2)C(C)(C)C)[C@H]1C. The molecule has 7 atom stereocenters. The zero-order chi connectivity index (χ0) is 29.8. The van der Waals surface area contributed by atoms with Crippen molar-refractivity contribution in [3.8, 4) is 0 Å². The molecule has 2 aromatic rings. The molecule has 0 radical (unpaired) electrons. The van der Waals surface area contributed by atoms with Gasteiger partial charge in [-0.3, -0.25) is 0 Å². The van der Waals surface area contributed by atoms with Crippen LogP contribution in [0.15, 0.2) is 73.3 Å². The van der Waals surface area contributed by atoms with E-state index < -0.39 is 16.6 Å². The molecule has 2 aromatic carbocycles. The van der Waals surface area contributed by atoms with Crippen molar-refractivity contribution in [2.24, 2.45) is 17.8 Å². The van der Waals surface area contributed by atoms with Crippen molar-refractivity contribution in [1.29, 1.82) is 0 Å². The predicted molar refractivity (Wildman–Crippen MR) is 179 cm³/mol. The van der Waals surface area contributed by atoms with E-state index in [9.17, 15) is 0 Å². The van der Waals surface area contributed by atoms with Gasteiger partial charge in [-0.15, -0.1) is 6.58 Å². The van der Waals surface area contributed by atoms with E-state index in [1.165, 1.54) is 34.9 Å². The van der Waals surface area contributed by atoms with E-state index in [0.717, 1.165) is 18.8 Å². The standard InChI is InChI=1S/C36H56O3Si2/c1-10-33-28(6)34(25-29(37-33)26-35(32-24-27(32)5)38-40(11-2,12-3)13-4)39-41(36(7,8)9,30-20-16-14-17-21-30)31-22-18-15-19-23-31/h10,14-23,27-29,32-35H,1,11-13,24-26H2,2-9H3/t27-,28+,29+,32-,33+,34+,35+/m1/s1. The van der Waals surface area contributed by atoms with Crippen molar-refractivity contribution in [2.75, 3.05) is 0 Å². The maximum absolute atomic E-state index is 7.71. The molecule has 1 saturated carbocycles. The van der Waals surface area contributed by atoms with Gasteiger partial charge in [0.25, 0.3) is 8.32 Å². The molecule has 4 rings (SSSR count). The highest BCUT2D eigenvalue weighted by Gasteiger charge is 2.54. The fourth-order valence-electron chi connectivity index (χ4n) is 7.34. The first-order chi connectivity index (χ1) is 19.5. The first-order valence-electron chi connectivity index (χ1n) is 16.3. The number of hydrogen-bond donors (Lipinski definition) is 0. The van der Waals surface area contributed by atoms with Crippen LogP contribution in [0.2, 0.25) is 23.2 Å². The van der Waals surface area contributed by atoms with Gasteiger partial charge in [0.1, 0.15) is 0 Å². The van der Waals surface area contributed by atoms with Gasteiger partial charge in [0.05, 0.1) is 24.4 Å². The van der Waals surface area contributed by atoms with E-state index in [1.54, 1.807) is 0 Å². The minimum absolute atomic E-state index is 0.0280. The maximum atomic E-state index is 7.71. The molecule has 1 saturated heterocycles. The molecule has 0 unspecified atom stereocenters. The average Bonchev–Trinajstić information content (AvgIpc) is 3.72. The molecule has 1 heterocycles. The van der Waals surface area contributed by atoms with E-state index in [-0.39, 0.29) is 35.4 Å². The normalized spacial score (nSPS) is 27.8. The number of ether oxygens (including phenoxy) is 1. The van der Waals surface area contributed by atoms with Crippen LogP contribution in [0.25, 0.3) is 0 Å². The highest BCUT2D eigenvalue weighted by molar-refractivity contribution is 6.99. The lowest BCUT2D eigenvalue weighted by Crippen LogP contribution is -2.69. The Hall–Kier alpha value is -1.51. The summed E-state index contributed by atoms with van der Waals surface area (Å²) in [5.41, 5.74) is 0. The highest BCUT2D eigenvalue weighted by atomic mass is 28.4. The summed E-state index contributed by atoms with van der Waals surface area (Å²) in [7, 11) is -4.41. The molecule has 0 N–H and O–H groups in total. The summed E-state index contributed by atoms with van der Waals surface area (Å²) in [4.78, 5) is 0. The summed E-state index contributed by atoms with van der Waals surface area (Å²) in [6.07, 6.45) is 5.59. The smallest absolute Gasteiger partial charge is 0.261 e. The van der Waals surface area contributed by atoms with Crippen molar-refractivity contribution in [3.63, 3.8) is 0 Å². The molecule has 0 spiro atoms. The van der Waals surface area contributed by atoms with Crippen LogP contribution in [0.3, 0.4) is 0 Å². The van der Waals surface area contributed by atoms with Gasteiger partial charge in [-0.05, 0) is 64.6 Å². The first kappa shape index (κ1) is 32.4. The van der Waals surface area contributed by atoms with Crippen LogP contribution in [0, 0.1) is 17.8 Å². The summed E-state index contributed by atoms with van der Waals surface area (Å²) in [6, 6.07) is 25.6. The van der Waals surface area contributed by atoms with Gasteiger partial charge in [0.15, 0.2) is 8.32 Å². The van der Waals surface area contributed by atoms with Crippen LogP contribution in [-0.4, -0.2) is 41.1 Å². The Balaban J connectivity index is 1.69. The van der Waals surface area contributed by atoms with Crippen molar-refractivity contribution in [1.82, 2.24) is 0 Å². The number of hydrogen-bond acceptors (Lipinski definition) is 3. The third kappa shape index (κ3) is 6.85. The monoisotopic (exact) mass is 592 g/mol. The Morgan fingerprint density at radius 1 is 0.902 bits per heavy atom. The van der Waals surface area contributed by atoms with Crippen LogP contribution in [0.4, 0.5) is 0 Å². The minimum Gasteiger partial charge on any atom is -0.414 e. The second-order valence-electron chi connectivity index (χ2n) is 13.9. The molecule has 0 aromatic heterocycles. The van der Waals surface area contributed by atoms with Gasteiger partial charge < -0.3 is 13.6 Å². The molecule has 1 aliphatic heterocycles. The van der Waals surface area contributed by atoms with Crippen LogP contribution in [0.5, 0.6) is 0 Å². The molecule has 2 aliphatic rings. The van der Waals surface area contributed by atoms with E-state index >= 15 is 0 Å². The maximum Gasteiger partial charge on any atom is 0.261 e. The summed E-state index contributed by atoms with van der Waals surface area (Å²) in [5.74, 6) is 1.63. The summed E-state index contributed by atoms with van der Waals surface area (Å²) in [5, 5.41) is 2.61. The zero-order valence-corrected chi connectivity index (χ0v) is 29.1. The van der Waals surface area contributed by atoms with E-state index in [1.807, 2.05) is 6.08 Å². The second kappa shape index (κ2) is 13.4. The second-order valence-corrected chi connectivity index (χ2v) is 22.9. The van der Waals surface area contributed by atoms with Gasteiger partial charge >= 0.3 is 0 Å². The molecular weight excluding hydrogens is 537 g/mol. The summed E-state index contributed by atoms with van der Waals surface area (Å²) < 4.78 is 21.7. The fourth-order valence-corrected chi connectivity index (χ4v) is 15.0. The molecule has 5 heteroatoms. The van der Waals surface area contributed by atoms with Crippen LogP contribution >= 0.6 is 0 Å². The van der Waals surface area contributed by atoms with Crippen molar-refractivity contribution >= 4 is 27.0 Å². The lowest BCUT2D eigenvalue weighted by atomic mass is 9.88. The Bertz CT molecular complexity index is 1050. The van der Waals surface area contributed by atoms with E-state index in [0.29, 0.717) is 5.92 Å².